The summed E-state index contributed by atoms with van der Waals surface area (Å²) in [6, 6.07) is 6.21. The van der Waals surface area contributed by atoms with Crippen molar-refractivity contribution in [1.82, 2.24) is 4.57 Å². The maximum Gasteiger partial charge on any atom is 0.307 e. The number of allylic oxidation sites excluding steroid dienone is 1. The van der Waals surface area contributed by atoms with Crippen LogP contribution in [0.25, 0.3) is 17.0 Å². The third-order valence-electron chi connectivity index (χ3n) is 5.01. The van der Waals surface area contributed by atoms with Crippen molar-refractivity contribution >= 4 is 59.2 Å². The van der Waals surface area contributed by atoms with Gasteiger partial charge in [0.2, 0.25) is 0 Å². The number of hydrogen-bond donors (Lipinski definition) is 1. The van der Waals surface area contributed by atoms with Gasteiger partial charge in [-0.15, -0.1) is 11.3 Å². The molecule has 1 aliphatic rings. The lowest BCUT2D eigenvalue weighted by atomic mass is 9.94. The number of benzene rings is 1. The lowest BCUT2D eigenvalue weighted by Crippen LogP contribution is -2.05. The van der Waals surface area contributed by atoms with E-state index in [0.717, 1.165) is 40.9 Å². The second-order valence-corrected chi connectivity index (χ2v) is 8.73. The molecule has 0 saturated heterocycles. The number of aromatic nitrogens is 1. The lowest BCUT2D eigenvalue weighted by Gasteiger charge is -2.12. The Morgan fingerprint density at radius 3 is 2.96 bits per heavy atom. The monoisotopic (exact) mass is 383 g/mol. The van der Waals surface area contributed by atoms with Gasteiger partial charge in [0.1, 0.15) is 7.85 Å². The Labute approximate surface area is 162 Å². The van der Waals surface area contributed by atoms with E-state index in [1.165, 1.54) is 26.3 Å². The number of aliphatic carboxylic acids is 1. The van der Waals surface area contributed by atoms with Crippen LogP contribution in [0.3, 0.4) is 0 Å². The van der Waals surface area contributed by atoms with Crippen LogP contribution in [-0.2, 0) is 24.2 Å². The summed E-state index contributed by atoms with van der Waals surface area (Å²) < 4.78 is 2.19. The van der Waals surface area contributed by atoms with Crippen molar-refractivity contribution in [3.63, 3.8) is 0 Å². The Balaban J connectivity index is 1.83. The van der Waals surface area contributed by atoms with Crippen LogP contribution in [0.1, 0.15) is 32.9 Å². The van der Waals surface area contributed by atoms with Gasteiger partial charge in [0.15, 0.2) is 0 Å². The summed E-state index contributed by atoms with van der Waals surface area (Å²) in [5.74, 6) is -0.802. The van der Waals surface area contributed by atoms with E-state index in [2.05, 4.69) is 31.5 Å². The summed E-state index contributed by atoms with van der Waals surface area (Å²) in [5.41, 5.74) is 5.68. The van der Waals surface area contributed by atoms with E-state index in [4.69, 9.17) is 11.6 Å². The molecular formula is C20H19BClNO2S. The highest BCUT2D eigenvalue weighted by molar-refractivity contribution is 7.12. The molecule has 3 aromatic rings. The first kappa shape index (κ1) is 17.4. The number of nitrogens with zero attached hydrogens (tertiary/aromatic N) is 1. The van der Waals surface area contributed by atoms with Gasteiger partial charge in [0, 0.05) is 38.4 Å². The predicted octanol–water partition coefficient (Wildman–Crippen LogP) is 3.47. The van der Waals surface area contributed by atoms with E-state index in [0.29, 0.717) is 0 Å². The molecule has 0 radical (unpaired) electrons. The Kier molecular flexibility index (Phi) is 4.45. The first-order chi connectivity index (χ1) is 12.4. The van der Waals surface area contributed by atoms with Gasteiger partial charge in [-0.05, 0) is 48.6 Å². The van der Waals surface area contributed by atoms with E-state index >= 15 is 0 Å². The Bertz CT molecular complexity index is 1060. The number of carboxylic acid groups (broad SMARTS) is 1. The quantitative estimate of drug-likeness (QED) is 0.701. The second-order valence-electron chi connectivity index (χ2n) is 6.94. The molecule has 0 unspecified atom stereocenters. The molecule has 132 valence electrons. The van der Waals surface area contributed by atoms with Gasteiger partial charge in [-0.25, -0.2) is 0 Å². The molecule has 2 aromatic heterocycles. The third-order valence-corrected chi connectivity index (χ3v) is 6.53. The highest BCUT2D eigenvalue weighted by atomic mass is 35.5. The molecule has 6 heteroatoms. The van der Waals surface area contributed by atoms with Gasteiger partial charge in [-0.2, -0.15) is 0 Å². The number of aryl methyl sites for hydroxylation is 2. The number of hydrogen-bond acceptors (Lipinski definition) is 2. The largest absolute Gasteiger partial charge is 0.481 e. The van der Waals surface area contributed by atoms with Crippen LogP contribution in [0.5, 0.6) is 0 Å². The summed E-state index contributed by atoms with van der Waals surface area (Å²) in [4.78, 5) is 14.0. The molecule has 0 atom stereocenters. The summed E-state index contributed by atoms with van der Waals surface area (Å²) in [6.45, 7) is 2.90. The molecule has 1 N–H and O–H groups in total. The topological polar surface area (TPSA) is 42.2 Å². The van der Waals surface area contributed by atoms with Crippen LogP contribution in [0.4, 0.5) is 0 Å². The average Bonchev–Trinajstić information content (AvgIpc) is 3.05. The molecule has 0 fully saturated rings. The molecular weight excluding hydrogens is 365 g/mol. The van der Waals surface area contributed by atoms with Crippen molar-refractivity contribution < 1.29 is 9.90 Å². The average molecular weight is 384 g/mol. The third kappa shape index (κ3) is 3.10. The molecule has 4 rings (SSSR count). The number of rotatable bonds is 4. The number of halogens is 1. The van der Waals surface area contributed by atoms with Crippen LogP contribution in [-0.4, -0.2) is 23.5 Å². The number of thiophene rings is 1. The summed E-state index contributed by atoms with van der Waals surface area (Å²) in [6.07, 6.45) is 6.07. The first-order valence-corrected chi connectivity index (χ1v) is 9.89. The molecule has 1 aromatic carbocycles. The van der Waals surface area contributed by atoms with E-state index in [9.17, 15) is 9.90 Å². The van der Waals surface area contributed by atoms with Crippen molar-refractivity contribution in [2.45, 2.75) is 32.7 Å². The van der Waals surface area contributed by atoms with Crippen LogP contribution >= 0.6 is 22.9 Å². The second kappa shape index (κ2) is 6.64. The number of fused-ring (bicyclic) bond motifs is 2. The molecule has 0 amide bonds. The zero-order valence-electron chi connectivity index (χ0n) is 14.8. The van der Waals surface area contributed by atoms with Gasteiger partial charge < -0.3 is 9.67 Å². The lowest BCUT2D eigenvalue weighted by molar-refractivity contribution is -0.136. The maximum atomic E-state index is 11.3. The van der Waals surface area contributed by atoms with Crippen LogP contribution in [0.2, 0.25) is 0 Å². The highest BCUT2D eigenvalue weighted by Crippen LogP contribution is 2.37. The van der Waals surface area contributed by atoms with E-state index in [1.807, 2.05) is 29.7 Å². The SMILES string of the molecule is Bc1ccc2c(CC(=O)O)cn(Cc3c(C)sc4c3C=C(Cl)CC4)c2c1. The minimum atomic E-state index is -0.802. The predicted molar refractivity (Wildman–Crippen MR) is 112 cm³/mol. The Hall–Kier alpha value is -1.98. The summed E-state index contributed by atoms with van der Waals surface area (Å²) >= 11 is 8.15. The Morgan fingerprint density at radius 2 is 2.19 bits per heavy atom. The Morgan fingerprint density at radius 1 is 1.38 bits per heavy atom. The minimum Gasteiger partial charge on any atom is -0.481 e. The van der Waals surface area contributed by atoms with E-state index in [1.54, 1.807) is 0 Å². The fourth-order valence-corrected chi connectivity index (χ4v) is 5.12. The molecule has 0 saturated carbocycles. The van der Waals surface area contributed by atoms with Crippen molar-refractivity contribution in [3.05, 3.63) is 55.9 Å². The van der Waals surface area contributed by atoms with E-state index in [-0.39, 0.29) is 6.42 Å². The zero-order chi connectivity index (χ0) is 18.4. The van der Waals surface area contributed by atoms with Crippen molar-refractivity contribution in [3.8, 4) is 0 Å². The smallest absolute Gasteiger partial charge is 0.307 e. The van der Waals surface area contributed by atoms with Crippen LogP contribution in [0.15, 0.2) is 29.4 Å². The molecule has 0 aliphatic heterocycles. The van der Waals surface area contributed by atoms with Gasteiger partial charge >= 0.3 is 5.97 Å². The van der Waals surface area contributed by atoms with Crippen molar-refractivity contribution in [2.75, 3.05) is 0 Å². The number of carboxylic acids is 1. The van der Waals surface area contributed by atoms with Crippen molar-refractivity contribution in [1.29, 1.82) is 0 Å². The van der Waals surface area contributed by atoms with Gasteiger partial charge in [-0.3, -0.25) is 4.79 Å². The fraction of sp³-hybridized carbons (Fsp3) is 0.250. The molecule has 2 heterocycles. The van der Waals surface area contributed by atoms with Crippen LogP contribution in [0, 0.1) is 6.92 Å². The van der Waals surface area contributed by atoms with Gasteiger partial charge in [0.25, 0.3) is 0 Å². The van der Waals surface area contributed by atoms with Crippen molar-refractivity contribution in [2.24, 2.45) is 0 Å². The highest BCUT2D eigenvalue weighted by Gasteiger charge is 2.20. The molecule has 0 bridgehead atoms. The molecule has 0 spiro atoms. The van der Waals surface area contributed by atoms with Crippen LogP contribution < -0.4 is 5.46 Å². The fourth-order valence-electron chi connectivity index (χ4n) is 3.75. The summed E-state index contributed by atoms with van der Waals surface area (Å²) in [5, 5.41) is 11.2. The number of carbonyl (C=O) groups is 1. The maximum absolute atomic E-state index is 11.3. The zero-order valence-corrected chi connectivity index (χ0v) is 16.4. The standard InChI is InChI=1S/C20H19BClNO2S/c1-11-17(16-8-14(22)3-5-19(16)26-11)10-23-9-12(6-20(24)25)15-4-2-13(21)7-18(15)23/h2,4,7-9H,3,5-6,10,21H2,1H3,(H,24,25). The molecule has 26 heavy (non-hydrogen) atoms. The first-order valence-electron chi connectivity index (χ1n) is 8.69. The van der Waals surface area contributed by atoms with E-state index < -0.39 is 5.97 Å². The molecule has 3 nitrogen and oxygen atoms in total. The summed E-state index contributed by atoms with van der Waals surface area (Å²) in [7, 11) is 2.06. The minimum absolute atomic E-state index is 0.0407. The van der Waals surface area contributed by atoms with Gasteiger partial charge in [0.05, 0.1) is 6.42 Å². The molecule has 1 aliphatic carbocycles. The van der Waals surface area contributed by atoms with Gasteiger partial charge in [-0.1, -0.05) is 29.2 Å². The normalized spacial score (nSPS) is 13.7.